The lowest BCUT2D eigenvalue weighted by Crippen LogP contribution is -1.89. The molecule has 18 heavy (non-hydrogen) atoms. The molecule has 1 aromatic carbocycles. The number of aryl methyl sites for hydroxylation is 1. The Morgan fingerprint density at radius 2 is 1.28 bits per heavy atom. The molecule has 98 valence electrons. The lowest BCUT2D eigenvalue weighted by Gasteiger charge is -1.82. The van der Waals surface area contributed by atoms with Crippen molar-refractivity contribution in [1.82, 2.24) is 4.98 Å². The topological polar surface area (TPSA) is 87.5 Å². The molecule has 2 rings (SSSR count). The van der Waals surface area contributed by atoms with Crippen LogP contribution in [-0.4, -0.2) is 22.5 Å². The molecule has 0 atom stereocenters. The van der Waals surface area contributed by atoms with E-state index in [-0.39, 0.29) is 0 Å². The summed E-state index contributed by atoms with van der Waals surface area (Å²) in [4.78, 5) is 3.78. The zero-order valence-electron chi connectivity index (χ0n) is 9.84. The molecule has 0 fully saturated rings. The van der Waals surface area contributed by atoms with Crippen LogP contribution in [0.1, 0.15) is 5.56 Å². The molecule has 0 spiro atoms. The molecule has 1 aromatic heterocycles. The number of pyridine rings is 1. The summed E-state index contributed by atoms with van der Waals surface area (Å²) in [6.07, 6.45) is 3.50. The predicted molar refractivity (Wildman–Crippen MR) is 69.6 cm³/mol. The predicted octanol–water partition coefficient (Wildman–Crippen LogP) is 2.42. The van der Waals surface area contributed by atoms with Crippen molar-refractivity contribution in [3.05, 3.63) is 66.5 Å². The van der Waals surface area contributed by atoms with E-state index in [1.807, 2.05) is 36.4 Å². The van der Waals surface area contributed by atoms with Crippen LogP contribution in [0.2, 0.25) is 0 Å². The molecule has 0 unspecified atom stereocenters. The molecule has 2 N–H and O–H groups in total. The van der Waals surface area contributed by atoms with Gasteiger partial charge in [-0.2, -0.15) is 8.42 Å². The van der Waals surface area contributed by atoms with Gasteiger partial charge < -0.3 is 0 Å². The van der Waals surface area contributed by atoms with Crippen molar-refractivity contribution in [1.29, 1.82) is 0 Å². The standard InChI is InChI=1S/C7H8.C5H5N.H2O4S/c1-7-5-3-2-4-6-7;1-2-4-6-5-3-1;1-5(2,3)4/h2-6H,1H3;1-5H;(H2,1,2,3,4). The van der Waals surface area contributed by atoms with E-state index in [1.54, 1.807) is 12.4 Å². The maximum Gasteiger partial charge on any atom is 0.394 e. The van der Waals surface area contributed by atoms with Crippen molar-refractivity contribution in [2.45, 2.75) is 6.92 Å². The second-order valence-corrected chi connectivity index (χ2v) is 4.02. The lowest BCUT2D eigenvalue weighted by atomic mass is 10.2. The molecule has 6 heteroatoms. The fraction of sp³-hybridized carbons (Fsp3) is 0.0833. The zero-order valence-corrected chi connectivity index (χ0v) is 10.7. The average molecular weight is 269 g/mol. The van der Waals surface area contributed by atoms with E-state index < -0.39 is 10.4 Å². The van der Waals surface area contributed by atoms with Crippen molar-refractivity contribution in [2.75, 3.05) is 0 Å². The Bertz CT molecular complexity index is 465. The summed E-state index contributed by atoms with van der Waals surface area (Å²) in [5.74, 6) is 0. The maximum absolute atomic E-state index is 8.74. The maximum atomic E-state index is 8.74. The Morgan fingerprint density at radius 1 is 0.889 bits per heavy atom. The number of nitrogens with zero attached hydrogens (tertiary/aromatic N) is 1. The van der Waals surface area contributed by atoms with Gasteiger partial charge >= 0.3 is 10.4 Å². The van der Waals surface area contributed by atoms with E-state index in [9.17, 15) is 0 Å². The van der Waals surface area contributed by atoms with Crippen molar-refractivity contribution in [3.63, 3.8) is 0 Å². The molecule has 0 amide bonds. The fourth-order valence-electron chi connectivity index (χ4n) is 0.847. The SMILES string of the molecule is Cc1ccccc1.O=S(=O)(O)O.c1ccncc1. The van der Waals surface area contributed by atoms with Crippen LogP contribution in [0, 0.1) is 6.92 Å². The van der Waals surface area contributed by atoms with E-state index in [2.05, 4.69) is 24.0 Å². The molecule has 0 saturated heterocycles. The second-order valence-electron chi connectivity index (χ2n) is 3.13. The average Bonchev–Trinajstić information content (AvgIpc) is 2.31. The summed E-state index contributed by atoms with van der Waals surface area (Å²) in [5, 5.41) is 0. The van der Waals surface area contributed by atoms with Gasteiger partial charge in [-0.3, -0.25) is 14.1 Å². The van der Waals surface area contributed by atoms with Crippen molar-refractivity contribution < 1.29 is 17.5 Å². The molecule has 5 nitrogen and oxygen atoms in total. The quantitative estimate of drug-likeness (QED) is 0.717. The third-order valence-electron chi connectivity index (χ3n) is 1.51. The van der Waals surface area contributed by atoms with E-state index in [4.69, 9.17) is 17.5 Å². The molecule has 0 aliphatic heterocycles. The Balaban J connectivity index is 0.000000245. The molecule has 0 saturated carbocycles. The third-order valence-corrected chi connectivity index (χ3v) is 1.51. The first-order chi connectivity index (χ1) is 8.39. The number of hydrogen-bond acceptors (Lipinski definition) is 3. The monoisotopic (exact) mass is 269 g/mol. The van der Waals surface area contributed by atoms with Gasteiger partial charge in [-0.1, -0.05) is 42.0 Å². The van der Waals surface area contributed by atoms with Crippen LogP contribution in [0.4, 0.5) is 0 Å². The van der Waals surface area contributed by atoms with Crippen molar-refractivity contribution in [2.24, 2.45) is 0 Å². The first kappa shape index (κ1) is 16.2. The Hall–Kier alpha value is -1.76. The largest absolute Gasteiger partial charge is 0.394 e. The van der Waals surface area contributed by atoms with Crippen LogP contribution < -0.4 is 0 Å². The molecule has 0 radical (unpaired) electrons. The van der Waals surface area contributed by atoms with E-state index >= 15 is 0 Å². The summed E-state index contributed by atoms with van der Waals surface area (Å²) in [6, 6.07) is 16.0. The van der Waals surface area contributed by atoms with Gasteiger partial charge in [0.2, 0.25) is 0 Å². The third kappa shape index (κ3) is 16.7. The van der Waals surface area contributed by atoms with Gasteiger partial charge in [-0.15, -0.1) is 0 Å². The molecule has 1 heterocycles. The van der Waals surface area contributed by atoms with Crippen LogP contribution in [0.15, 0.2) is 60.9 Å². The minimum absolute atomic E-state index is 1.32. The Morgan fingerprint density at radius 3 is 1.44 bits per heavy atom. The molecular formula is C12H15NO4S. The molecule has 0 aliphatic rings. The van der Waals surface area contributed by atoms with Crippen LogP contribution in [0.5, 0.6) is 0 Å². The zero-order chi connectivity index (χ0) is 13.9. The first-order valence-corrected chi connectivity index (χ1v) is 6.36. The van der Waals surface area contributed by atoms with Crippen molar-refractivity contribution >= 4 is 10.4 Å². The summed E-state index contributed by atoms with van der Waals surface area (Å²) in [5.41, 5.74) is 1.32. The normalized spacial score (nSPS) is 9.28. The highest BCUT2D eigenvalue weighted by atomic mass is 32.3. The van der Waals surface area contributed by atoms with Crippen LogP contribution in [0.25, 0.3) is 0 Å². The molecular weight excluding hydrogens is 254 g/mol. The highest BCUT2D eigenvalue weighted by Crippen LogP contribution is 1.92. The van der Waals surface area contributed by atoms with Gasteiger partial charge in [0.05, 0.1) is 0 Å². The smallest absolute Gasteiger partial charge is 0.265 e. The molecule has 0 bridgehead atoms. The highest BCUT2D eigenvalue weighted by Gasteiger charge is 1.84. The van der Waals surface area contributed by atoms with Gasteiger partial charge in [-0.25, -0.2) is 0 Å². The van der Waals surface area contributed by atoms with Crippen LogP contribution in [0.3, 0.4) is 0 Å². The van der Waals surface area contributed by atoms with Gasteiger partial charge in [-0.05, 0) is 19.1 Å². The second kappa shape index (κ2) is 9.29. The first-order valence-electron chi connectivity index (χ1n) is 4.96. The van der Waals surface area contributed by atoms with Crippen LogP contribution >= 0.6 is 0 Å². The summed E-state index contributed by atoms with van der Waals surface area (Å²) < 4.78 is 31.6. The molecule has 2 aromatic rings. The number of aromatic nitrogens is 1. The lowest BCUT2D eigenvalue weighted by molar-refractivity contribution is 0.381. The van der Waals surface area contributed by atoms with Gasteiger partial charge in [0.1, 0.15) is 0 Å². The van der Waals surface area contributed by atoms with Gasteiger partial charge in [0, 0.05) is 12.4 Å². The summed E-state index contributed by atoms with van der Waals surface area (Å²) in [6.45, 7) is 2.08. The minimum atomic E-state index is -4.67. The van der Waals surface area contributed by atoms with Gasteiger partial charge in [0.25, 0.3) is 0 Å². The number of hydrogen-bond donors (Lipinski definition) is 2. The van der Waals surface area contributed by atoms with E-state index in [0.29, 0.717) is 0 Å². The fourth-order valence-corrected chi connectivity index (χ4v) is 0.847. The number of rotatable bonds is 0. The minimum Gasteiger partial charge on any atom is -0.265 e. The summed E-state index contributed by atoms with van der Waals surface area (Å²) >= 11 is 0. The highest BCUT2D eigenvalue weighted by molar-refractivity contribution is 7.79. The van der Waals surface area contributed by atoms with E-state index in [1.165, 1.54) is 5.56 Å². The Kier molecular flexibility index (Phi) is 8.38. The van der Waals surface area contributed by atoms with Crippen LogP contribution in [-0.2, 0) is 10.4 Å². The Labute approximate surface area is 107 Å². The van der Waals surface area contributed by atoms with Crippen molar-refractivity contribution in [3.8, 4) is 0 Å². The summed E-state index contributed by atoms with van der Waals surface area (Å²) in [7, 11) is -4.67. The van der Waals surface area contributed by atoms with E-state index in [0.717, 1.165) is 0 Å². The van der Waals surface area contributed by atoms with Gasteiger partial charge in [0.15, 0.2) is 0 Å². The molecule has 0 aliphatic carbocycles. The number of benzene rings is 1.